The van der Waals surface area contributed by atoms with E-state index < -0.39 is 8.07 Å². The summed E-state index contributed by atoms with van der Waals surface area (Å²) >= 11 is 9.36. The number of hydrogen-bond acceptors (Lipinski definition) is 2. The molecule has 1 aromatic carbocycles. The summed E-state index contributed by atoms with van der Waals surface area (Å²) in [7, 11) is -1.13. The minimum absolute atomic E-state index is 0.257. The lowest BCUT2D eigenvalue weighted by atomic mass is 10.1. The fourth-order valence-electron chi connectivity index (χ4n) is 1.96. The Bertz CT molecular complexity index is 637. The lowest BCUT2D eigenvalue weighted by molar-refractivity contribution is 0.0798. The minimum atomic E-state index is -1.13. The molecule has 0 spiro atoms. The lowest BCUT2D eigenvalue weighted by Gasteiger charge is -2.16. The number of rotatable bonds is 6. The van der Waals surface area contributed by atoms with E-state index in [4.69, 9.17) is 16.3 Å². The van der Waals surface area contributed by atoms with E-state index >= 15 is 0 Å². The molecule has 0 saturated carbocycles. The second-order valence-electron chi connectivity index (χ2n) is 6.30. The Labute approximate surface area is 144 Å². The molecule has 0 N–H and O–H groups in total. The molecule has 22 heavy (non-hydrogen) atoms. The van der Waals surface area contributed by atoms with Crippen LogP contribution in [0, 0.1) is 5.82 Å². The predicted octanol–water partition coefficient (Wildman–Crippen LogP) is 5.42. The van der Waals surface area contributed by atoms with Gasteiger partial charge in [0.05, 0.1) is 5.69 Å². The molecule has 2 aromatic rings. The number of aromatic nitrogens is 2. The van der Waals surface area contributed by atoms with Crippen molar-refractivity contribution in [2.45, 2.75) is 32.4 Å². The monoisotopic (exact) mass is 404 g/mol. The van der Waals surface area contributed by atoms with Gasteiger partial charge in [-0.1, -0.05) is 37.3 Å². The van der Waals surface area contributed by atoms with Gasteiger partial charge in [0.2, 0.25) is 0 Å². The minimum Gasteiger partial charge on any atom is -0.360 e. The fourth-order valence-corrected chi connectivity index (χ4v) is 3.45. The van der Waals surface area contributed by atoms with Crippen LogP contribution in [0.25, 0.3) is 11.3 Å². The first-order valence-corrected chi connectivity index (χ1v) is 11.9. The molecule has 0 radical (unpaired) electrons. The standard InChI is InChI=1S/C15H19BrClFN2OSi/c1-22(2,3)8-7-21-10-20-13(9-14(17)19-20)15-11(16)5-4-6-12(15)18/h4-6,9H,7-8,10H2,1-3H3. The summed E-state index contributed by atoms with van der Waals surface area (Å²) in [6.07, 6.45) is 0. The maximum absolute atomic E-state index is 14.1. The summed E-state index contributed by atoms with van der Waals surface area (Å²) < 4.78 is 22.1. The molecular formula is C15H19BrClFN2OSi. The second-order valence-corrected chi connectivity index (χ2v) is 13.2. The van der Waals surface area contributed by atoms with E-state index in [1.165, 1.54) is 6.07 Å². The van der Waals surface area contributed by atoms with Crippen LogP contribution in [0.1, 0.15) is 0 Å². The van der Waals surface area contributed by atoms with Crippen LogP contribution in [-0.4, -0.2) is 24.5 Å². The van der Waals surface area contributed by atoms with Crippen molar-refractivity contribution < 1.29 is 9.13 Å². The third-order valence-electron chi connectivity index (χ3n) is 3.18. The molecule has 1 aromatic heterocycles. The van der Waals surface area contributed by atoms with Gasteiger partial charge in [-0.15, -0.1) is 0 Å². The Morgan fingerprint density at radius 3 is 2.73 bits per heavy atom. The third-order valence-corrected chi connectivity index (χ3v) is 5.73. The van der Waals surface area contributed by atoms with Crippen molar-refractivity contribution >= 4 is 35.6 Å². The lowest BCUT2D eigenvalue weighted by Crippen LogP contribution is -2.22. The molecule has 0 unspecified atom stereocenters. The van der Waals surface area contributed by atoms with Gasteiger partial charge in [-0.05, 0) is 34.1 Å². The summed E-state index contributed by atoms with van der Waals surface area (Å²) in [4.78, 5) is 0. The van der Waals surface area contributed by atoms with Crippen LogP contribution in [0.3, 0.4) is 0 Å². The zero-order valence-corrected chi connectivity index (χ0v) is 16.2. The van der Waals surface area contributed by atoms with Gasteiger partial charge in [0, 0.05) is 30.8 Å². The molecule has 0 aliphatic rings. The van der Waals surface area contributed by atoms with Crippen LogP contribution >= 0.6 is 27.5 Å². The zero-order chi connectivity index (χ0) is 16.3. The van der Waals surface area contributed by atoms with Crippen LogP contribution in [-0.2, 0) is 11.5 Å². The number of benzene rings is 1. The molecule has 0 bridgehead atoms. The molecular weight excluding hydrogens is 387 g/mol. The Hall–Kier alpha value is -0.693. The van der Waals surface area contributed by atoms with Gasteiger partial charge >= 0.3 is 0 Å². The summed E-state index contributed by atoms with van der Waals surface area (Å²) in [6.45, 7) is 7.81. The van der Waals surface area contributed by atoms with Gasteiger partial charge in [0.15, 0.2) is 5.15 Å². The highest BCUT2D eigenvalue weighted by Crippen LogP contribution is 2.32. The molecule has 0 saturated heterocycles. The number of hydrogen-bond donors (Lipinski definition) is 0. The highest BCUT2D eigenvalue weighted by molar-refractivity contribution is 9.10. The van der Waals surface area contributed by atoms with Gasteiger partial charge < -0.3 is 4.74 Å². The molecule has 7 heteroatoms. The van der Waals surface area contributed by atoms with Crippen molar-refractivity contribution in [3.8, 4) is 11.3 Å². The SMILES string of the molecule is C[Si](C)(C)CCOCn1nc(Cl)cc1-c1c(F)cccc1Br. The highest BCUT2D eigenvalue weighted by atomic mass is 79.9. The molecule has 120 valence electrons. The molecule has 1 heterocycles. The molecule has 0 amide bonds. The third kappa shape index (κ3) is 4.65. The van der Waals surface area contributed by atoms with Crippen LogP contribution in [0.2, 0.25) is 30.8 Å². The smallest absolute Gasteiger partial charge is 0.151 e. The van der Waals surface area contributed by atoms with Crippen LogP contribution < -0.4 is 0 Å². The second kappa shape index (κ2) is 7.25. The summed E-state index contributed by atoms with van der Waals surface area (Å²) in [6, 6.07) is 7.57. The topological polar surface area (TPSA) is 27.1 Å². The van der Waals surface area contributed by atoms with E-state index in [0.717, 1.165) is 6.04 Å². The van der Waals surface area contributed by atoms with E-state index in [2.05, 4.69) is 40.7 Å². The van der Waals surface area contributed by atoms with Gasteiger partial charge in [-0.2, -0.15) is 5.10 Å². The van der Waals surface area contributed by atoms with Crippen molar-refractivity contribution in [3.05, 3.63) is 39.7 Å². The first kappa shape index (κ1) is 17.7. The van der Waals surface area contributed by atoms with Crippen molar-refractivity contribution in [3.63, 3.8) is 0 Å². The largest absolute Gasteiger partial charge is 0.360 e. The van der Waals surface area contributed by atoms with Crippen LogP contribution in [0.4, 0.5) is 4.39 Å². The van der Waals surface area contributed by atoms with Gasteiger partial charge in [0.25, 0.3) is 0 Å². The van der Waals surface area contributed by atoms with Crippen molar-refractivity contribution in [1.82, 2.24) is 9.78 Å². The highest BCUT2D eigenvalue weighted by Gasteiger charge is 2.17. The summed E-state index contributed by atoms with van der Waals surface area (Å²) in [5.74, 6) is -0.325. The van der Waals surface area contributed by atoms with E-state index in [-0.39, 0.29) is 12.5 Å². The Morgan fingerprint density at radius 2 is 2.09 bits per heavy atom. The van der Waals surface area contributed by atoms with Gasteiger partial charge in [-0.3, -0.25) is 0 Å². The number of halogens is 3. The Kier molecular flexibility index (Phi) is 5.82. The quantitative estimate of drug-likeness (QED) is 0.474. The van der Waals surface area contributed by atoms with Crippen molar-refractivity contribution in [2.24, 2.45) is 0 Å². The Morgan fingerprint density at radius 1 is 1.36 bits per heavy atom. The fraction of sp³-hybridized carbons (Fsp3) is 0.400. The van der Waals surface area contributed by atoms with Gasteiger partial charge in [0.1, 0.15) is 12.5 Å². The zero-order valence-electron chi connectivity index (χ0n) is 12.9. The van der Waals surface area contributed by atoms with Crippen LogP contribution in [0.5, 0.6) is 0 Å². The predicted molar refractivity (Wildman–Crippen MR) is 94.4 cm³/mol. The average Bonchev–Trinajstić information content (AvgIpc) is 2.74. The first-order chi connectivity index (χ1) is 10.3. The van der Waals surface area contributed by atoms with E-state index in [1.807, 2.05) is 0 Å². The van der Waals surface area contributed by atoms with Gasteiger partial charge in [-0.25, -0.2) is 9.07 Å². The van der Waals surface area contributed by atoms with Crippen molar-refractivity contribution in [2.75, 3.05) is 6.61 Å². The molecule has 0 atom stereocenters. The van der Waals surface area contributed by atoms with Crippen molar-refractivity contribution in [1.29, 1.82) is 0 Å². The van der Waals surface area contributed by atoms with E-state index in [1.54, 1.807) is 22.9 Å². The maximum atomic E-state index is 14.1. The van der Waals surface area contributed by atoms with Crippen LogP contribution in [0.15, 0.2) is 28.7 Å². The van der Waals surface area contributed by atoms with E-state index in [0.29, 0.717) is 27.5 Å². The number of ether oxygens (including phenoxy) is 1. The molecule has 0 fully saturated rings. The first-order valence-electron chi connectivity index (χ1n) is 7.03. The molecule has 2 rings (SSSR count). The van der Waals surface area contributed by atoms with E-state index in [9.17, 15) is 4.39 Å². The number of nitrogens with zero attached hydrogens (tertiary/aromatic N) is 2. The summed E-state index contributed by atoms with van der Waals surface area (Å²) in [5.41, 5.74) is 1.04. The normalized spacial score (nSPS) is 11.9. The summed E-state index contributed by atoms with van der Waals surface area (Å²) in [5, 5.41) is 4.50. The molecule has 0 aliphatic heterocycles. The molecule has 3 nitrogen and oxygen atoms in total. The Balaban J connectivity index is 2.17. The molecule has 0 aliphatic carbocycles. The maximum Gasteiger partial charge on any atom is 0.151 e. The average molecular weight is 406 g/mol.